The lowest BCUT2D eigenvalue weighted by molar-refractivity contribution is 0.207. The number of hydrogen-bond acceptors (Lipinski definition) is 6. The Morgan fingerprint density at radius 3 is 2.72 bits per heavy atom. The first-order valence-electron chi connectivity index (χ1n) is 8.89. The molecule has 0 aliphatic carbocycles. The predicted octanol–water partition coefficient (Wildman–Crippen LogP) is 4.33. The van der Waals surface area contributed by atoms with Crippen molar-refractivity contribution in [3.05, 3.63) is 64.1 Å². The summed E-state index contributed by atoms with van der Waals surface area (Å²) in [6, 6.07) is 14.6. The lowest BCUT2D eigenvalue weighted by Gasteiger charge is -2.17. The number of likely N-dealkylation sites (N-methyl/N-ethyl adjacent to an activating group) is 1. The highest BCUT2D eigenvalue weighted by Crippen LogP contribution is 2.21. The highest BCUT2D eigenvalue weighted by Gasteiger charge is 2.13. The molecule has 7 nitrogen and oxygen atoms in total. The Bertz CT molecular complexity index is 949. The van der Waals surface area contributed by atoms with Gasteiger partial charge >= 0.3 is 6.03 Å². The molecule has 9 heteroatoms. The van der Waals surface area contributed by atoms with E-state index in [0.717, 1.165) is 16.3 Å². The van der Waals surface area contributed by atoms with Crippen molar-refractivity contribution < 1.29 is 14.3 Å². The van der Waals surface area contributed by atoms with Crippen LogP contribution >= 0.6 is 22.9 Å². The molecule has 0 saturated heterocycles. The van der Waals surface area contributed by atoms with E-state index in [1.54, 1.807) is 38.4 Å². The maximum absolute atomic E-state index is 12.3. The number of halogens is 1. The molecule has 1 aromatic heterocycles. The van der Waals surface area contributed by atoms with Crippen LogP contribution in [0.4, 0.5) is 9.93 Å². The number of amides is 2. The monoisotopic (exact) mass is 432 g/mol. The molecule has 1 N–H and O–H groups in total. The molecule has 0 unspecified atom stereocenters. The first-order valence-corrected chi connectivity index (χ1v) is 10.1. The molecule has 0 fully saturated rings. The molecule has 0 atom stereocenters. The third-order valence-corrected chi connectivity index (χ3v) is 5.12. The van der Waals surface area contributed by atoms with Crippen LogP contribution in [-0.2, 0) is 6.42 Å². The Morgan fingerprint density at radius 2 is 1.97 bits per heavy atom. The summed E-state index contributed by atoms with van der Waals surface area (Å²) in [5.41, 5.74) is 1.06. The standard InChI is InChI=1S/C20H21ClN4O3S/c1-25(10-11-28-16-8-6-15(21)7-9-16)20(26)22-19-24-23-18(29-19)13-14-4-3-5-17(12-14)27-2/h3-9,12H,10-11,13H2,1-2H3,(H,22,24,26). The van der Waals surface area contributed by atoms with Gasteiger partial charge in [-0.05, 0) is 42.0 Å². The molecule has 0 aliphatic heterocycles. The van der Waals surface area contributed by atoms with Crippen LogP contribution in [0.1, 0.15) is 10.6 Å². The number of urea groups is 1. The van der Waals surface area contributed by atoms with Gasteiger partial charge in [-0.25, -0.2) is 4.79 Å². The van der Waals surface area contributed by atoms with E-state index in [1.807, 2.05) is 24.3 Å². The van der Waals surface area contributed by atoms with Crippen molar-refractivity contribution in [3.8, 4) is 11.5 Å². The van der Waals surface area contributed by atoms with Gasteiger partial charge in [-0.2, -0.15) is 0 Å². The van der Waals surface area contributed by atoms with Crippen molar-refractivity contribution in [2.45, 2.75) is 6.42 Å². The number of ether oxygens (including phenoxy) is 2. The smallest absolute Gasteiger partial charge is 0.323 e. The van der Waals surface area contributed by atoms with Gasteiger partial charge < -0.3 is 14.4 Å². The van der Waals surface area contributed by atoms with Gasteiger partial charge in [0.25, 0.3) is 0 Å². The quantitative estimate of drug-likeness (QED) is 0.573. The Morgan fingerprint density at radius 1 is 1.17 bits per heavy atom. The molecule has 1 heterocycles. The van der Waals surface area contributed by atoms with Crippen LogP contribution in [0.2, 0.25) is 5.02 Å². The predicted molar refractivity (Wildman–Crippen MR) is 114 cm³/mol. The van der Waals surface area contributed by atoms with Gasteiger partial charge in [0.1, 0.15) is 23.1 Å². The molecule has 0 bridgehead atoms. The van der Waals surface area contributed by atoms with E-state index < -0.39 is 0 Å². The number of carbonyl (C=O) groups is 1. The maximum atomic E-state index is 12.3. The van der Waals surface area contributed by atoms with Crippen molar-refractivity contribution in [1.82, 2.24) is 15.1 Å². The van der Waals surface area contributed by atoms with Crippen molar-refractivity contribution >= 4 is 34.1 Å². The number of benzene rings is 2. The van der Waals surface area contributed by atoms with Gasteiger partial charge in [0.05, 0.1) is 13.7 Å². The topological polar surface area (TPSA) is 76.6 Å². The third-order valence-electron chi connectivity index (χ3n) is 4.03. The normalized spacial score (nSPS) is 10.4. The van der Waals surface area contributed by atoms with Gasteiger partial charge in [0.2, 0.25) is 5.13 Å². The summed E-state index contributed by atoms with van der Waals surface area (Å²) in [5.74, 6) is 1.50. The number of aromatic nitrogens is 2. The molecular weight excluding hydrogens is 412 g/mol. The van der Waals surface area contributed by atoms with Gasteiger partial charge in [-0.3, -0.25) is 5.32 Å². The lowest BCUT2D eigenvalue weighted by Crippen LogP contribution is -2.34. The molecule has 0 spiro atoms. The fourth-order valence-electron chi connectivity index (χ4n) is 2.45. The second kappa shape index (κ2) is 10.1. The summed E-state index contributed by atoms with van der Waals surface area (Å²) in [4.78, 5) is 13.8. The fraction of sp³-hybridized carbons (Fsp3) is 0.250. The Labute approximate surface area is 178 Å². The molecule has 3 aromatic rings. The minimum Gasteiger partial charge on any atom is -0.497 e. The van der Waals surface area contributed by atoms with E-state index in [1.165, 1.54) is 16.2 Å². The van der Waals surface area contributed by atoms with E-state index >= 15 is 0 Å². The number of hydrogen-bond donors (Lipinski definition) is 1. The number of nitrogens with zero attached hydrogens (tertiary/aromatic N) is 3. The zero-order valence-electron chi connectivity index (χ0n) is 16.1. The SMILES string of the molecule is COc1cccc(Cc2nnc(NC(=O)N(C)CCOc3ccc(Cl)cc3)s2)c1. The summed E-state index contributed by atoms with van der Waals surface area (Å²) in [6.45, 7) is 0.784. The van der Waals surface area contributed by atoms with Gasteiger partial charge in [0.15, 0.2) is 0 Å². The van der Waals surface area contributed by atoms with E-state index in [9.17, 15) is 4.79 Å². The van der Waals surface area contributed by atoms with Crippen LogP contribution in [0.15, 0.2) is 48.5 Å². The summed E-state index contributed by atoms with van der Waals surface area (Å²) < 4.78 is 10.8. The van der Waals surface area contributed by atoms with Crippen LogP contribution in [0, 0.1) is 0 Å². The Hall–Kier alpha value is -2.84. The van der Waals surface area contributed by atoms with Crippen LogP contribution in [0.25, 0.3) is 0 Å². The maximum Gasteiger partial charge on any atom is 0.323 e. The molecule has 2 aromatic carbocycles. The average Bonchev–Trinajstić information content (AvgIpc) is 3.16. The molecule has 0 radical (unpaired) electrons. The summed E-state index contributed by atoms with van der Waals surface area (Å²) >= 11 is 7.19. The van der Waals surface area contributed by atoms with Crippen molar-refractivity contribution in [2.75, 3.05) is 32.6 Å². The van der Waals surface area contributed by atoms with Crippen LogP contribution < -0.4 is 14.8 Å². The number of anilines is 1. The highest BCUT2D eigenvalue weighted by molar-refractivity contribution is 7.15. The van der Waals surface area contributed by atoms with Crippen molar-refractivity contribution in [3.63, 3.8) is 0 Å². The van der Waals surface area contributed by atoms with E-state index in [2.05, 4.69) is 15.5 Å². The minimum absolute atomic E-state index is 0.270. The molecule has 152 valence electrons. The zero-order chi connectivity index (χ0) is 20.6. The van der Waals surface area contributed by atoms with Gasteiger partial charge in [-0.15, -0.1) is 10.2 Å². The Kier molecular flexibility index (Phi) is 7.26. The average molecular weight is 433 g/mol. The minimum atomic E-state index is -0.270. The second-order valence-electron chi connectivity index (χ2n) is 6.18. The molecule has 0 aliphatic rings. The molecule has 2 amide bonds. The van der Waals surface area contributed by atoms with Gasteiger partial charge in [-0.1, -0.05) is 35.1 Å². The largest absolute Gasteiger partial charge is 0.497 e. The fourth-order valence-corrected chi connectivity index (χ4v) is 3.34. The van der Waals surface area contributed by atoms with E-state index in [4.69, 9.17) is 21.1 Å². The second-order valence-corrected chi connectivity index (χ2v) is 7.68. The molecule has 29 heavy (non-hydrogen) atoms. The van der Waals surface area contributed by atoms with Crippen LogP contribution in [0.5, 0.6) is 11.5 Å². The number of nitrogens with one attached hydrogen (secondary N) is 1. The first-order chi connectivity index (χ1) is 14.0. The number of methoxy groups -OCH3 is 1. The summed E-state index contributed by atoms with van der Waals surface area (Å²) in [5, 5.41) is 12.9. The van der Waals surface area contributed by atoms with Crippen LogP contribution in [-0.4, -0.2) is 48.4 Å². The molecular formula is C20H21ClN4O3S. The molecule has 0 saturated carbocycles. The summed E-state index contributed by atoms with van der Waals surface area (Å²) in [6.07, 6.45) is 0.621. The number of carbonyl (C=O) groups excluding carboxylic acids is 1. The zero-order valence-corrected chi connectivity index (χ0v) is 17.7. The summed E-state index contributed by atoms with van der Waals surface area (Å²) in [7, 11) is 3.33. The van der Waals surface area contributed by atoms with Crippen molar-refractivity contribution in [1.29, 1.82) is 0 Å². The van der Waals surface area contributed by atoms with E-state index in [0.29, 0.717) is 35.5 Å². The van der Waals surface area contributed by atoms with Gasteiger partial charge in [0, 0.05) is 18.5 Å². The van der Waals surface area contributed by atoms with Crippen LogP contribution in [0.3, 0.4) is 0 Å². The third kappa shape index (κ3) is 6.33. The van der Waals surface area contributed by atoms with E-state index in [-0.39, 0.29) is 6.03 Å². The lowest BCUT2D eigenvalue weighted by atomic mass is 10.1. The Balaban J connectivity index is 1.46. The highest BCUT2D eigenvalue weighted by atomic mass is 35.5. The number of rotatable bonds is 8. The first kappa shape index (κ1) is 20.9. The van der Waals surface area contributed by atoms with Crippen molar-refractivity contribution in [2.24, 2.45) is 0 Å². The molecule has 3 rings (SSSR count).